The molecule has 2 rings (SSSR count). The largest absolute Gasteiger partial charge is 0.466 e. The highest BCUT2D eigenvalue weighted by Crippen LogP contribution is 2.44. The van der Waals surface area contributed by atoms with Crippen molar-refractivity contribution in [3.8, 4) is 0 Å². The van der Waals surface area contributed by atoms with E-state index >= 15 is 0 Å². The standard InChI is InChI=1S/C17H31NO4/c1-5-20-14(19)12-15(2,3)18-13-16(4)6-8-17(9-7-16)21-10-11-22-17/h18H,5-13H2,1-4H3. The molecule has 1 saturated carbocycles. The fourth-order valence-electron chi connectivity index (χ4n) is 3.28. The predicted molar refractivity (Wildman–Crippen MR) is 84.5 cm³/mol. The maximum Gasteiger partial charge on any atom is 0.307 e. The minimum atomic E-state index is -0.306. The molecule has 0 radical (unpaired) electrons. The van der Waals surface area contributed by atoms with Crippen LogP contribution in [0.25, 0.3) is 0 Å². The van der Waals surface area contributed by atoms with Crippen molar-refractivity contribution in [2.45, 2.75) is 71.1 Å². The summed E-state index contributed by atoms with van der Waals surface area (Å²) in [6.07, 6.45) is 4.48. The van der Waals surface area contributed by atoms with Crippen LogP contribution in [0.2, 0.25) is 0 Å². The molecular formula is C17H31NO4. The second-order valence-electron chi connectivity index (χ2n) is 7.64. The van der Waals surface area contributed by atoms with Crippen LogP contribution >= 0.6 is 0 Å². The quantitative estimate of drug-likeness (QED) is 0.764. The van der Waals surface area contributed by atoms with Gasteiger partial charge in [0.15, 0.2) is 5.79 Å². The number of carbonyl (C=O) groups excluding carboxylic acids is 1. The van der Waals surface area contributed by atoms with E-state index in [0.717, 1.165) is 45.4 Å². The SMILES string of the molecule is CCOC(=O)CC(C)(C)NCC1(C)CCC2(CC1)OCCO2. The van der Waals surface area contributed by atoms with E-state index in [1.807, 2.05) is 6.92 Å². The summed E-state index contributed by atoms with van der Waals surface area (Å²) >= 11 is 0. The van der Waals surface area contributed by atoms with E-state index in [9.17, 15) is 4.79 Å². The maximum absolute atomic E-state index is 11.7. The molecule has 5 heteroatoms. The number of hydrogen-bond donors (Lipinski definition) is 1. The first-order valence-corrected chi connectivity index (χ1v) is 8.47. The third-order valence-electron chi connectivity index (χ3n) is 4.92. The van der Waals surface area contributed by atoms with Crippen molar-refractivity contribution in [1.29, 1.82) is 0 Å². The van der Waals surface area contributed by atoms with Crippen LogP contribution in [0.1, 0.15) is 59.8 Å². The van der Waals surface area contributed by atoms with Crippen LogP contribution in [0, 0.1) is 5.41 Å². The zero-order valence-corrected chi connectivity index (χ0v) is 14.5. The van der Waals surface area contributed by atoms with Gasteiger partial charge in [-0.25, -0.2) is 0 Å². The van der Waals surface area contributed by atoms with Crippen LogP contribution in [0.3, 0.4) is 0 Å². The van der Waals surface area contributed by atoms with Gasteiger partial charge in [0.1, 0.15) is 0 Å². The molecule has 1 aliphatic heterocycles. The fraction of sp³-hybridized carbons (Fsp3) is 0.941. The second kappa shape index (κ2) is 6.85. The first-order valence-electron chi connectivity index (χ1n) is 8.47. The lowest BCUT2D eigenvalue weighted by molar-refractivity contribution is -0.190. The van der Waals surface area contributed by atoms with Crippen LogP contribution in [-0.2, 0) is 19.0 Å². The third kappa shape index (κ3) is 4.67. The first-order chi connectivity index (χ1) is 10.3. The van der Waals surface area contributed by atoms with Crippen LogP contribution in [0.4, 0.5) is 0 Å². The topological polar surface area (TPSA) is 56.8 Å². The maximum atomic E-state index is 11.7. The molecule has 2 aliphatic rings. The van der Waals surface area contributed by atoms with E-state index in [0.29, 0.717) is 13.0 Å². The summed E-state index contributed by atoms with van der Waals surface area (Å²) in [5.74, 6) is -0.444. The number of ether oxygens (including phenoxy) is 3. The molecule has 0 amide bonds. The first kappa shape index (κ1) is 17.7. The molecule has 0 aromatic rings. The average molecular weight is 313 g/mol. The van der Waals surface area contributed by atoms with Gasteiger partial charge in [-0.15, -0.1) is 0 Å². The lowest BCUT2D eigenvalue weighted by Gasteiger charge is -2.43. The molecule has 1 heterocycles. The molecule has 128 valence electrons. The number of esters is 1. The van der Waals surface area contributed by atoms with Crippen LogP contribution in [0.5, 0.6) is 0 Å². The van der Waals surface area contributed by atoms with Crippen LogP contribution in [0.15, 0.2) is 0 Å². The molecule has 1 saturated heterocycles. The van der Waals surface area contributed by atoms with Gasteiger partial charge in [-0.05, 0) is 39.0 Å². The molecule has 0 atom stereocenters. The van der Waals surface area contributed by atoms with Crippen molar-refractivity contribution in [2.75, 3.05) is 26.4 Å². The van der Waals surface area contributed by atoms with Gasteiger partial charge in [0.05, 0.1) is 26.2 Å². The van der Waals surface area contributed by atoms with Crippen molar-refractivity contribution in [1.82, 2.24) is 5.32 Å². The Balaban J connectivity index is 1.79. The van der Waals surface area contributed by atoms with E-state index in [2.05, 4.69) is 26.1 Å². The second-order valence-corrected chi connectivity index (χ2v) is 7.64. The minimum absolute atomic E-state index is 0.138. The molecule has 1 aliphatic carbocycles. The molecule has 0 aromatic carbocycles. The molecular weight excluding hydrogens is 282 g/mol. The van der Waals surface area contributed by atoms with Gasteiger partial charge in [-0.1, -0.05) is 6.92 Å². The summed E-state index contributed by atoms with van der Waals surface area (Å²) in [5.41, 5.74) is -0.0166. The smallest absolute Gasteiger partial charge is 0.307 e. The van der Waals surface area contributed by atoms with Crippen molar-refractivity contribution >= 4 is 5.97 Å². The van der Waals surface area contributed by atoms with Crippen molar-refractivity contribution in [3.05, 3.63) is 0 Å². The van der Waals surface area contributed by atoms with Gasteiger partial charge < -0.3 is 19.5 Å². The average Bonchev–Trinajstić information content (AvgIpc) is 2.90. The molecule has 5 nitrogen and oxygen atoms in total. The fourth-order valence-corrected chi connectivity index (χ4v) is 3.28. The van der Waals surface area contributed by atoms with E-state index in [1.54, 1.807) is 0 Å². The monoisotopic (exact) mass is 313 g/mol. The Morgan fingerprint density at radius 1 is 1.18 bits per heavy atom. The van der Waals surface area contributed by atoms with Crippen LogP contribution < -0.4 is 5.32 Å². The van der Waals surface area contributed by atoms with E-state index in [1.165, 1.54) is 0 Å². The summed E-state index contributed by atoms with van der Waals surface area (Å²) < 4.78 is 16.6. The number of rotatable bonds is 6. The summed E-state index contributed by atoms with van der Waals surface area (Å²) in [4.78, 5) is 11.7. The van der Waals surface area contributed by atoms with Gasteiger partial charge >= 0.3 is 5.97 Å². The number of nitrogens with one attached hydrogen (secondary N) is 1. The Morgan fingerprint density at radius 3 is 2.32 bits per heavy atom. The highest BCUT2D eigenvalue weighted by molar-refractivity contribution is 5.70. The molecule has 0 bridgehead atoms. The molecule has 0 unspecified atom stereocenters. The lowest BCUT2D eigenvalue weighted by Crippen LogP contribution is -2.49. The van der Waals surface area contributed by atoms with E-state index < -0.39 is 0 Å². The Kier molecular flexibility index (Phi) is 5.51. The Bertz CT molecular complexity index is 378. The molecule has 1 N–H and O–H groups in total. The summed E-state index contributed by atoms with van der Waals surface area (Å²) in [7, 11) is 0. The zero-order valence-electron chi connectivity index (χ0n) is 14.5. The van der Waals surface area contributed by atoms with Gasteiger partial charge in [0.2, 0.25) is 0 Å². The molecule has 22 heavy (non-hydrogen) atoms. The van der Waals surface area contributed by atoms with Crippen molar-refractivity contribution in [3.63, 3.8) is 0 Å². The highest BCUT2D eigenvalue weighted by Gasteiger charge is 2.44. The zero-order chi connectivity index (χ0) is 16.3. The number of hydrogen-bond acceptors (Lipinski definition) is 5. The van der Waals surface area contributed by atoms with Gasteiger partial charge in [-0.3, -0.25) is 4.79 Å². The van der Waals surface area contributed by atoms with Crippen molar-refractivity contribution < 1.29 is 19.0 Å². The van der Waals surface area contributed by atoms with Crippen LogP contribution in [-0.4, -0.2) is 43.7 Å². The highest BCUT2D eigenvalue weighted by atomic mass is 16.7. The summed E-state index contributed by atoms with van der Waals surface area (Å²) in [5, 5.41) is 3.56. The number of carbonyl (C=O) groups is 1. The van der Waals surface area contributed by atoms with E-state index in [4.69, 9.17) is 14.2 Å². The molecule has 1 spiro atoms. The Hall–Kier alpha value is -0.650. The van der Waals surface area contributed by atoms with E-state index in [-0.39, 0.29) is 22.7 Å². The summed E-state index contributed by atoms with van der Waals surface area (Å²) in [6.45, 7) is 11.0. The minimum Gasteiger partial charge on any atom is -0.466 e. The van der Waals surface area contributed by atoms with Gasteiger partial charge in [0, 0.05) is 24.9 Å². The Morgan fingerprint density at radius 2 is 1.77 bits per heavy atom. The van der Waals surface area contributed by atoms with Gasteiger partial charge in [0.25, 0.3) is 0 Å². The molecule has 0 aromatic heterocycles. The predicted octanol–water partition coefficient (Wildman–Crippen LogP) is 2.63. The third-order valence-corrected chi connectivity index (χ3v) is 4.92. The van der Waals surface area contributed by atoms with Crippen molar-refractivity contribution in [2.24, 2.45) is 5.41 Å². The summed E-state index contributed by atoms with van der Waals surface area (Å²) in [6, 6.07) is 0. The lowest BCUT2D eigenvalue weighted by atomic mass is 9.73. The molecule has 2 fully saturated rings. The Labute approximate surface area is 134 Å². The van der Waals surface area contributed by atoms with Gasteiger partial charge in [-0.2, -0.15) is 0 Å². The normalized spacial score (nSPS) is 23.6.